The number of methoxy groups -OCH3 is 1. The van der Waals surface area contributed by atoms with Crippen molar-refractivity contribution >= 4 is 5.97 Å². The molecule has 0 fully saturated rings. The molecule has 0 spiro atoms. The Morgan fingerprint density at radius 2 is 2.29 bits per heavy atom. The molecule has 72 valence electrons. The molecule has 0 saturated heterocycles. The molecule has 0 unspecified atom stereocenters. The van der Waals surface area contributed by atoms with Crippen molar-refractivity contribution in [1.29, 1.82) is 5.26 Å². The highest BCUT2D eigenvalue weighted by molar-refractivity contribution is 5.88. The zero-order valence-electron chi connectivity index (χ0n) is 7.24. The summed E-state index contributed by atoms with van der Waals surface area (Å²) in [6.45, 7) is 0. The lowest BCUT2D eigenvalue weighted by atomic mass is 10.1. The molecule has 0 saturated carbocycles. The average Bonchev–Trinajstić information content (AvgIpc) is 2.16. The molecule has 5 heteroatoms. The molecule has 0 aliphatic carbocycles. The van der Waals surface area contributed by atoms with Gasteiger partial charge in [-0.05, 0) is 12.1 Å². The zero-order chi connectivity index (χ0) is 10.7. The molecule has 0 aromatic heterocycles. The van der Waals surface area contributed by atoms with Gasteiger partial charge in [0.1, 0.15) is 6.07 Å². The molecule has 1 N–H and O–H groups in total. The van der Waals surface area contributed by atoms with Crippen LogP contribution in [0.15, 0.2) is 12.1 Å². The van der Waals surface area contributed by atoms with E-state index >= 15 is 0 Å². The summed E-state index contributed by atoms with van der Waals surface area (Å²) in [5.41, 5.74) is -0.546. The number of nitriles is 1. The van der Waals surface area contributed by atoms with Gasteiger partial charge in [-0.25, -0.2) is 9.18 Å². The number of halogens is 1. The van der Waals surface area contributed by atoms with Crippen LogP contribution in [0.2, 0.25) is 0 Å². The van der Waals surface area contributed by atoms with Crippen molar-refractivity contribution in [3.05, 3.63) is 29.1 Å². The van der Waals surface area contributed by atoms with Crippen molar-refractivity contribution in [3.8, 4) is 11.8 Å². The van der Waals surface area contributed by atoms with Gasteiger partial charge < -0.3 is 9.84 Å². The molecule has 0 aliphatic rings. The second-order valence-corrected chi connectivity index (χ2v) is 2.42. The minimum atomic E-state index is -1.40. The van der Waals surface area contributed by atoms with Crippen LogP contribution in [0.3, 0.4) is 0 Å². The van der Waals surface area contributed by atoms with Gasteiger partial charge in [0.05, 0.1) is 18.2 Å². The summed E-state index contributed by atoms with van der Waals surface area (Å²) in [4.78, 5) is 10.5. The normalized spacial score (nSPS) is 9.21. The number of benzene rings is 1. The first kappa shape index (κ1) is 9.99. The third kappa shape index (κ3) is 1.50. The highest BCUT2D eigenvalue weighted by Crippen LogP contribution is 2.24. The second kappa shape index (κ2) is 3.75. The van der Waals surface area contributed by atoms with Crippen LogP contribution in [0.25, 0.3) is 0 Å². The van der Waals surface area contributed by atoms with E-state index in [4.69, 9.17) is 10.4 Å². The summed E-state index contributed by atoms with van der Waals surface area (Å²) in [5, 5.41) is 17.1. The van der Waals surface area contributed by atoms with Gasteiger partial charge in [-0.2, -0.15) is 5.26 Å². The first-order chi connectivity index (χ1) is 6.61. The summed E-state index contributed by atoms with van der Waals surface area (Å²) in [5.74, 6) is -2.77. The predicted molar refractivity (Wildman–Crippen MR) is 44.6 cm³/mol. The van der Waals surface area contributed by atoms with Crippen LogP contribution < -0.4 is 4.74 Å². The molecule has 0 radical (unpaired) electrons. The lowest BCUT2D eigenvalue weighted by molar-refractivity contribution is 0.0691. The number of carbonyl (C=O) groups is 1. The quantitative estimate of drug-likeness (QED) is 0.774. The maximum Gasteiger partial charge on any atom is 0.338 e. The standard InChI is InChI=1S/C9H6FNO3/c1-14-8-5(4-11)2-3-6(7(8)10)9(12)13/h2-3H,1H3,(H,12,13). The Kier molecular flexibility index (Phi) is 2.67. The summed E-state index contributed by atoms with van der Waals surface area (Å²) >= 11 is 0. The molecule has 1 rings (SSSR count). The fourth-order valence-corrected chi connectivity index (χ4v) is 1.01. The van der Waals surface area contributed by atoms with E-state index < -0.39 is 17.3 Å². The monoisotopic (exact) mass is 195 g/mol. The van der Waals surface area contributed by atoms with E-state index in [0.717, 1.165) is 6.07 Å². The van der Waals surface area contributed by atoms with Gasteiger partial charge >= 0.3 is 5.97 Å². The number of hydrogen-bond donors (Lipinski definition) is 1. The lowest BCUT2D eigenvalue weighted by Crippen LogP contribution is -2.03. The fourth-order valence-electron chi connectivity index (χ4n) is 1.01. The van der Waals surface area contributed by atoms with Crippen LogP contribution >= 0.6 is 0 Å². The maximum absolute atomic E-state index is 13.3. The predicted octanol–water partition coefficient (Wildman–Crippen LogP) is 1.40. The third-order valence-electron chi connectivity index (χ3n) is 1.65. The highest BCUT2D eigenvalue weighted by atomic mass is 19.1. The van der Waals surface area contributed by atoms with Crippen molar-refractivity contribution in [3.63, 3.8) is 0 Å². The van der Waals surface area contributed by atoms with Crippen LogP contribution in [0.4, 0.5) is 4.39 Å². The smallest absolute Gasteiger partial charge is 0.338 e. The molecule has 0 amide bonds. The number of ether oxygens (including phenoxy) is 1. The Bertz CT molecular complexity index is 423. The first-order valence-corrected chi connectivity index (χ1v) is 3.61. The average molecular weight is 195 g/mol. The van der Waals surface area contributed by atoms with E-state index in [-0.39, 0.29) is 11.3 Å². The summed E-state index contributed by atoms with van der Waals surface area (Å²) < 4.78 is 17.9. The van der Waals surface area contributed by atoms with Gasteiger partial charge in [0, 0.05) is 0 Å². The minimum Gasteiger partial charge on any atom is -0.492 e. The molecule has 14 heavy (non-hydrogen) atoms. The maximum atomic E-state index is 13.3. The SMILES string of the molecule is COc1c(C#N)ccc(C(=O)O)c1F. The minimum absolute atomic E-state index is 0.0324. The van der Waals surface area contributed by atoms with E-state index in [9.17, 15) is 9.18 Å². The largest absolute Gasteiger partial charge is 0.492 e. The summed E-state index contributed by atoms with van der Waals surface area (Å²) in [7, 11) is 1.17. The number of rotatable bonds is 2. The van der Waals surface area contributed by atoms with Gasteiger partial charge in [-0.1, -0.05) is 0 Å². The number of nitrogens with zero attached hydrogens (tertiary/aromatic N) is 1. The Balaban J connectivity index is 3.44. The Morgan fingerprint density at radius 1 is 1.64 bits per heavy atom. The molecule has 0 atom stereocenters. The topological polar surface area (TPSA) is 70.3 Å². The molecular formula is C9H6FNO3. The van der Waals surface area contributed by atoms with Crippen LogP contribution in [0, 0.1) is 17.1 Å². The number of aromatic carboxylic acids is 1. The number of carboxylic acid groups (broad SMARTS) is 1. The van der Waals surface area contributed by atoms with E-state index in [1.54, 1.807) is 6.07 Å². The van der Waals surface area contributed by atoms with Crippen molar-refractivity contribution in [2.75, 3.05) is 7.11 Å². The third-order valence-corrected chi connectivity index (χ3v) is 1.65. The van der Waals surface area contributed by atoms with E-state index in [1.807, 2.05) is 0 Å². The van der Waals surface area contributed by atoms with Crippen LogP contribution in [-0.2, 0) is 0 Å². The number of carboxylic acids is 1. The zero-order valence-corrected chi connectivity index (χ0v) is 7.24. The number of hydrogen-bond acceptors (Lipinski definition) is 3. The molecule has 0 bridgehead atoms. The van der Waals surface area contributed by atoms with Crippen molar-refractivity contribution < 1.29 is 19.0 Å². The Morgan fingerprint density at radius 3 is 2.71 bits per heavy atom. The molecule has 0 heterocycles. The molecule has 4 nitrogen and oxygen atoms in total. The second-order valence-electron chi connectivity index (χ2n) is 2.42. The molecule has 0 aliphatic heterocycles. The Hall–Kier alpha value is -2.09. The molecule has 1 aromatic rings. The van der Waals surface area contributed by atoms with Crippen molar-refractivity contribution in [1.82, 2.24) is 0 Å². The molecular weight excluding hydrogens is 189 g/mol. The van der Waals surface area contributed by atoms with E-state index in [2.05, 4.69) is 4.74 Å². The van der Waals surface area contributed by atoms with Crippen molar-refractivity contribution in [2.24, 2.45) is 0 Å². The summed E-state index contributed by atoms with van der Waals surface area (Å²) in [6, 6.07) is 3.92. The van der Waals surface area contributed by atoms with Crippen LogP contribution in [0.5, 0.6) is 5.75 Å². The fraction of sp³-hybridized carbons (Fsp3) is 0.111. The van der Waals surface area contributed by atoms with Crippen molar-refractivity contribution in [2.45, 2.75) is 0 Å². The van der Waals surface area contributed by atoms with Gasteiger partial charge in [-0.3, -0.25) is 0 Å². The first-order valence-electron chi connectivity index (χ1n) is 3.61. The molecule has 1 aromatic carbocycles. The lowest BCUT2D eigenvalue weighted by Gasteiger charge is -2.05. The van der Waals surface area contributed by atoms with Crippen LogP contribution in [-0.4, -0.2) is 18.2 Å². The van der Waals surface area contributed by atoms with Gasteiger partial charge in [0.2, 0.25) is 0 Å². The summed E-state index contributed by atoms with van der Waals surface area (Å²) in [6.07, 6.45) is 0. The van der Waals surface area contributed by atoms with E-state index in [1.165, 1.54) is 13.2 Å². The van der Waals surface area contributed by atoms with Gasteiger partial charge in [0.25, 0.3) is 0 Å². The van der Waals surface area contributed by atoms with Crippen LogP contribution in [0.1, 0.15) is 15.9 Å². The Labute approximate surface area is 79.2 Å². The van der Waals surface area contributed by atoms with E-state index in [0.29, 0.717) is 0 Å². The van der Waals surface area contributed by atoms with Gasteiger partial charge in [0.15, 0.2) is 11.6 Å². The van der Waals surface area contributed by atoms with Gasteiger partial charge in [-0.15, -0.1) is 0 Å². The highest BCUT2D eigenvalue weighted by Gasteiger charge is 2.18.